The monoisotopic (exact) mass is 360 g/mol. The van der Waals surface area contributed by atoms with Crippen molar-refractivity contribution in [1.29, 1.82) is 0 Å². The van der Waals surface area contributed by atoms with Crippen molar-refractivity contribution >= 4 is 10.0 Å². The number of hydrogen-bond acceptors (Lipinski definition) is 4. The van der Waals surface area contributed by atoms with E-state index in [0.717, 1.165) is 22.4 Å². The average molecular weight is 360 g/mol. The SMILES string of the molecule is Cc1cc(C)c(S(=O)(=O)N2CCC(Oc3cccc(C)n3)C2)c(C)c1. The zero-order valence-electron chi connectivity index (χ0n) is 15.1. The minimum absolute atomic E-state index is 0.171. The van der Waals surface area contributed by atoms with Crippen molar-refractivity contribution in [2.24, 2.45) is 0 Å². The van der Waals surface area contributed by atoms with E-state index in [0.29, 0.717) is 30.3 Å². The molecule has 2 heterocycles. The minimum atomic E-state index is -3.52. The number of benzene rings is 1. The van der Waals surface area contributed by atoms with Crippen molar-refractivity contribution in [3.63, 3.8) is 0 Å². The van der Waals surface area contributed by atoms with Gasteiger partial charge in [0.1, 0.15) is 6.10 Å². The maximum Gasteiger partial charge on any atom is 0.243 e. The van der Waals surface area contributed by atoms with Crippen LogP contribution in [0.25, 0.3) is 0 Å². The summed E-state index contributed by atoms with van der Waals surface area (Å²) in [6.07, 6.45) is 0.494. The highest BCUT2D eigenvalue weighted by molar-refractivity contribution is 7.89. The molecule has 134 valence electrons. The third kappa shape index (κ3) is 3.70. The molecule has 0 amide bonds. The largest absolute Gasteiger partial charge is 0.473 e. The Labute approximate surface area is 149 Å². The Kier molecular flexibility index (Phi) is 4.84. The molecule has 1 fully saturated rings. The Morgan fingerprint density at radius 2 is 1.80 bits per heavy atom. The molecule has 1 aromatic carbocycles. The molecule has 1 saturated heterocycles. The molecular weight excluding hydrogens is 336 g/mol. The summed E-state index contributed by atoms with van der Waals surface area (Å²) in [5.74, 6) is 0.548. The van der Waals surface area contributed by atoms with Gasteiger partial charge in [-0.1, -0.05) is 23.8 Å². The summed E-state index contributed by atoms with van der Waals surface area (Å²) in [5.41, 5.74) is 3.54. The Balaban J connectivity index is 1.79. The number of ether oxygens (including phenoxy) is 1. The van der Waals surface area contributed by atoms with Crippen LogP contribution in [-0.4, -0.2) is 36.9 Å². The lowest BCUT2D eigenvalue weighted by molar-refractivity contribution is 0.206. The standard InChI is InChI=1S/C19H24N2O3S/c1-13-10-14(2)19(15(3)11-13)25(22,23)21-9-8-17(12-21)24-18-7-5-6-16(4)20-18/h5-7,10-11,17H,8-9,12H2,1-4H3. The van der Waals surface area contributed by atoms with E-state index in [-0.39, 0.29) is 6.10 Å². The van der Waals surface area contributed by atoms with Gasteiger partial charge in [-0.05, 0) is 51.3 Å². The second-order valence-electron chi connectivity index (χ2n) is 6.74. The molecule has 0 spiro atoms. The maximum atomic E-state index is 13.1. The highest BCUT2D eigenvalue weighted by atomic mass is 32.2. The predicted molar refractivity (Wildman–Crippen MR) is 97.4 cm³/mol. The molecule has 3 rings (SSSR count). The van der Waals surface area contributed by atoms with Gasteiger partial charge in [0.05, 0.1) is 11.4 Å². The van der Waals surface area contributed by atoms with Crippen molar-refractivity contribution in [2.45, 2.75) is 45.1 Å². The molecular formula is C19H24N2O3S. The smallest absolute Gasteiger partial charge is 0.243 e. The Morgan fingerprint density at radius 3 is 2.44 bits per heavy atom. The lowest BCUT2D eigenvalue weighted by Gasteiger charge is -2.20. The van der Waals surface area contributed by atoms with Crippen LogP contribution >= 0.6 is 0 Å². The van der Waals surface area contributed by atoms with Crippen LogP contribution in [0.5, 0.6) is 5.88 Å². The fourth-order valence-electron chi connectivity index (χ4n) is 3.47. The van der Waals surface area contributed by atoms with Crippen LogP contribution in [0.2, 0.25) is 0 Å². The first-order valence-electron chi connectivity index (χ1n) is 8.45. The van der Waals surface area contributed by atoms with Crippen molar-refractivity contribution < 1.29 is 13.2 Å². The summed E-state index contributed by atoms with van der Waals surface area (Å²) < 4.78 is 33.6. The van der Waals surface area contributed by atoms with E-state index in [4.69, 9.17) is 4.74 Å². The fraction of sp³-hybridized carbons (Fsp3) is 0.421. The molecule has 0 saturated carbocycles. The molecule has 1 unspecified atom stereocenters. The van der Waals surface area contributed by atoms with E-state index in [1.807, 2.05) is 52.0 Å². The lowest BCUT2D eigenvalue weighted by atomic mass is 10.1. The van der Waals surface area contributed by atoms with Gasteiger partial charge in [0.25, 0.3) is 0 Å². The highest BCUT2D eigenvalue weighted by Crippen LogP contribution is 2.28. The topological polar surface area (TPSA) is 59.5 Å². The Hall–Kier alpha value is -1.92. The van der Waals surface area contributed by atoms with Crippen LogP contribution in [0.1, 0.15) is 28.8 Å². The van der Waals surface area contributed by atoms with E-state index in [9.17, 15) is 8.42 Å². The summed E-state index contributed by atoms with van der Waals surface area (Å²) >= 11 is 0. The second kappa shape index (κ2) is 6.77. The first-order chi connectivity index (χ1) is 11.8. The third-order valence-corrected chi connectivity index (χ3v) is 6.63. The summed E-state index contributed by atoms with van der Waals surface area (Å²) in [6.45, 7) is 8.41. The maximum absolute atomic E-state index is 13.1. The number of rotatable bonds is 4. The zero-order valence-corrected chi connectivity index (χ0v) is 15.9. The van der Waals surface area contributed by atoms with Crippen LogP contribution in [0.15, 0.2) is 35.2 Å². The van der Waals surface area contributed by atoms with Crippen LogP contribution in [0, 0.1) is 27.7 Å². The van der Waals surface area contributed by atoms with Crippen molar-refractivity contribution in [2.75, 3.05) is 13.1 Å². The molecule has 1 atom stereocenters. The Morgan fingerprint density at radius 1 is 1.12 bits per heavy atom. The van der Waals surface area contributed by atoms with Crippen molar-refractivity contribution in [3.8, 4) is 5.88 Å². The first kappa shape index (κ1) is 17.9. The van der Waals surface area contributed by atoms with Crippen molar-refractivity contribution in [3.05, 3.63) is 52.7 Å². The average Bonchev–Trinajstić information content (AvgIpc) is 2.95. The lowest BCUT2D eigenvalue weighted by Crippen LogP contribution is -2.32. The Bertz CT molecular complexity index is 870. The fourth-order valence-corrected chi connectivity index (χ4v) is 5.37. The van der Waals surface area contributed by atoms with Crippen LogP contribution in [-0.2, 0) is 10.0 Å². The van der Waals surface area contributed by atoms with Gasteiger partial charge in [-0.2, -0.15) is 4.31 Å². The van der Waals surface area contributed by atoms with Gasteiger partial charge >= 0.3 is 0 Å². The molecule has 1 aliphatic rings. The van der Waals surface area contributed by atoms with Crippen LogP contribution in [0.4, 0.5) is 0 Å². The number of hydrogen-bond donors (Lipinski definition) is 0. The number of aromatic nitrogens is 1. The number of aryl methyl sites for hydroxylation is 4. The van der Waals surface area contributed by atoms with E-state index in [1.54, 1.807) is 6.07 Å². The second-order valence-corrected chi connectivity index (χ2v) is 8.61. The number of nitrogens with zero attached hydrogens (tertiary/aromatic N) is 2. The number of sulfonamides is 1. The van der Waals surface area contributed by atoms with Gasteiger partial charge in [0.2, 0.25) is 15.9 Å². The van der Waals surface area contributed by atoms with E-state index >= 15 is 0 Å². The summed E-state index contributed by atoms with van der Waals surface area (Å²) in [4.78, 5) is 4.75. The van der Waals surface area contributed by atoms with E-state index < -0.39 is 10.0 Å². The van der Waals surface area contributed by atoms with Crippen molar-refractivity contribution in [1.82, 2.24) is 9.29 Å². The molecule has 1 aromatic heterocycles. The van der Waals surface area contributed by atoms with Gasteiger partial charge in [-0.3, -0.25) is 0 Å². The quantitative estimate of drug-likeness (QED) is 0.840. The predicted octanol–water partition coefficient (Wildman–Crippen LogP) is 3.16. The van der Waals surface area contributed by atoms with Gasteiger partial charge < -0.3 is 4.74 Å². The molecule has 0 aliphatic carbocycles. The molecule has 2 aromatic rings. The first-order valence-corrected chi connectivity index (χ1v) is 9.89. The molecule has 0 radical (unpaired) electrons. The normalized spacial score (nSPS) is 18.5. The zero-order chi connectivity index (χ0) is 18.2. The summed E-state index contributed by atoms with van der Waals surface area (Å²) in [6, 6.07) is 9.43. The minimum Gasteiger partial charge on any atom is -0.473 e. The number of pyridine rings is 1. The summed E-state index contributed by atoms with van der Waals surface area (Å²) in [7, 11) is -3.52. The summed E-state index contributed by atoms with van der Waals surface area (Å²) in [5, 5.41) is 0. The van der Waals surface area contributed by atoms with Gasteiger partial charge in [0.15, 0.2) is 0 Å². The van der Waals surface area contributed by atoms with E-state index in [1.165, 1.54) is 4.31 Å². The highest BCUT2D eigenvalue weighted by Gasteiger charge is 2.35. The third-order valence-electron chi connectivity index (χ3n) is 4.46. The molecule has 0 N–H and O–H groups in total. The van der Waals surface area contributed by atoms with E-state index in [2.05, 4.69) is 4.98 Å². The molecule has 6 heteroatoms. The van der Waals surface area contributed by atoms with Crippen LogP contribution < -0.4 is 4.74 Å². The van der Waals surface area contributed by atoms with Gasteiger partial charge in [-0.15, -0.1) is 0 Å². The molecule has 0 bridgehead atoms. The van der Waals surface area contributed by atoms with Crippen LogP contribution in [0.3, 0.4) is 0 Å². The van der Waals surface area contributed by atoms with Gasteiger partial charge in [0, 0.05) is 18.3 Å². The molecule has 1 aliphatic heterocycles. The molecule has 5 nitrogen and oxygen atoms in total. The van der Waals surface area contributed by atoms with Gasteiger partial charge in [-0.25, -0.2) is 13.4 Å². The molecule has 25 heavy (non-hydrogen) atoms.